The number of nitrogens with two attached hydrogens (primary N) is 1. The molecule has 1 fully saturated rings. The van der Waals surface area contributed by atoms with Gasteiger partial charge in [0.2, 0.25) is 0 Å². The summed E-state index contributed by atoms with van der Waals surface area (Å²) in [5, 5.41) is 9.44. The van der Waals surface area contributed by atoms with Gasteiger partial charge in [-0.25, -0.2) is 4.98 Å². The molecule has 0 amide bonds. The van der Waals surface area contributed by atoms with Crippen molar-refractivity contribution in [2.45, 2.75) is 70.9 Å². The van der Waals surface area contributed by atoms with Crippen LogP contribution in [0, 0.1) is 24.2 Å². The average Bonchev–Trinajstić information content (AvgIpc) is 3.30. The van der Waals surface area contributed by atoms with E-state index in [1.165, 1.54) is 22.4 Å². The summed E-state index contributed by atoms with van der Waals surface area (Å²) in [6.07, 6.45) is 6.66. The molecule has 4 heterocycles. The Morgan fingerprint density at radius 1 is 1.17 bits per heavy atom. The van der Waals surface area contributed by atoms with Crippen LogP contribution in [0.25, 0.3) is 0 Å². The predicted molar refractivity (Wildman–Crippen MR) is 138 cm³/mol. The largest absolute Gasteiger partial charge is 0.330 e. The molecule has 5 rings (SSSR count). The van der Waals surface area contributed by atoms with E-state index in [0.717, 1.165) is 88.9 Å². The number of nitriles is 1. The molecule has 1 aromatic heterocycles. The molecule has 1 aromatic carbocycles. The lowest BCUT2D eigenvalue weighted by molar-refractivity contribution is 0.211. The van der Waals surface area contributed by atoms with Crippen molar-refractivity contribution in [1.29, 1.82) is 5.26 Å². The first-order chi connectivity index (χ1) is 17.1. The Morgan fingerprint density at radius 2 is 2.00 bits per heavy atom. The molecule has 3 aliphatic heterocycles. The average molecular weight is 473 g/mol. The van der Waals surface area contributed by atoms with Crippen molar-refractivity contribution in [3.05, 3.63) is 62.3 Å². The maximum absolute atomic E-state index is 13.2. The lowest BCUT2D eigenvalue weighted by Crippen LogP contribution is -2.39. The SMILES string of the molecule is Cc1nc2n(c(=O)c1CCN1CCC(C3=NCc4cc(CCCN)ccc43)CC1)CCCC2C#N. The normalized spacial score (nSPS) is 20.3. The number of rotatable bonds is 7. The molecule has 0 bridgehead atoms. The van der Waals surface area contributed by atoms with Crippen molar-refractivity contribution in [1.82, 2.24) is 14.5 Å². The Hall–Kier alpha value is -2.82. The van der Waals surface area contributed by atoms with Crippen LogP contribution >= 0.6 is 0 Å². The van der Waals surface area contributed by atoms with Crippen molar-refractivity contribution in [3.8, 4) is 6.07 Å². The summed E-state index contributed by atoms with van der Waals surface area (Å²) >= 11 is 0. The summed E-state index contributed by atoms with van der Waals surface area (Å²) in [6.45, 7) is 7.07. The molecule has 35 heavy (non-hydrogen) atoms. The monoisotopic (exact) mass is 472 g/mol. The van der Waals surface area contributed by atoms with Gasteiger partial charge in [-0.15, -0.1) is 0 Å². The van der Waals surface area contributed by atoms with Crippen LogP contribution in [0.15, 0.2) is 28.0 Å². The molecule has 1 unspecified atom stereocenters. The van der Waals surface area contributed by atoms with E-state index in [9.17, 15) is 10.1 Å². The van der Waals surface area contributed by atoms with Crippen molar-refractivity contribution < 1.29 is 0 Å². The van der Waals surface area contributed by atoms with E-state index in [1.54, 1.807) is 4.57 Å². The van der Waals surface area contributed by atoms with Crippen LogP contribution < -0.4 is 11.3 Å². The highest BCUT2D eigenvalue weighted by Gasteiger charge is 2.29. The maximum atomic E-state index is 13.2. The number of hydrogen-bond donors (Lipinski definition) is 1. The molecule has 184 valence electrons. The lowest BCUT2D eigenvalue weighted by Gasteiger charge is -2.32. The molecule has 2 aromatic rings. The molecule has 1 atom stereocenters. The van der Waals surface area contributed by atoms with Gasteiger partial charge < -0.3 is 10.6 Å². The van der Waals surface area contributed by atoms with Crippen molar-refractivity contribution >= 4 is 5.71 Å². The van der Waals surface area contributed by atoms with Gasteiger partial charge in [0, 0.05) is 41.5 Å². The summed E-state index contributed by atoms with van der Waals surface area (Å²) in [5.41, 5.74) is 12.7. The zero-order valence-electron chi connectivity index (χ0n) is 20.8. The van der Waals surface area contributed by atoms with Gasteiger partial charge >= 0.3 is 0 Å². The van der Waals surface area contributed by atoms with Gasteiger partial charge in [-0.2, -0.15) is 5.26 Å². The minimum atomic E-state index is -0.260. The Labute approximate surface area is 207 Å². The number of likely N-dealkylation sites (tertiary alicyclic amines) is 1. The van der Waals surface area contributed by atoms with Crippen LogP contribution in [0.5, 0.6) is 0 Å². The van der Waals surface area contributed by atoms with Crippen LogP contribution in [-0.4, -0.2) is 46.3 Å². The first kappa shape index (κ1) is 23.9. The Balaban J connectivity index is 1.19. The van der Waals surface area contributed by atoms with Crippen LogP contribution in [0.3, 0.4) is 0 Å². The molecule has 0 spiro atoms. The molecule has 0 aliphatic carbocycles. The topological polar surface area (TPSA) is 100 Å². The van der Waals surface area contributed by atoms with Gasteiger partial charge in [-0.3, -0.25) is 14.4 Å². The van der Waals surface area contributed by atoms with E-state index in [0.29, 0.717) is 18.3 Å². The molecule has 0 radical (unpaired) electrons. The van der Waals surface area contributed by atoms with Gasteiger partial charge in [0.1, 0.15) is 11.7 Å². The maximum Gasteiger partial charge on any atom is 0.257 e. The highest BCUT2D eigenvalue weighted by Crippen LogP contribution is 2.30. The first-order valence-electron chi connectivity index (χ1n) is 13.2. The van der Waals surface area contributed by atoms with Crippen LogP contribution in [0.1, 0.15) is 71.8 Å². The second kappa shape index (κ2) is 10.4. The number of aryl methyl sites for hydroxylation is 2. The minimum absolute atomic E-state index is 0.0603. The van der Waals surface area contributed by atoms with Gasteiger partial charge in [0.15, 0.2) is 0 Å². The Kier molecular flexibility index (Phi) is 7.12. The standard InChI is InChI=1S/C28H36N6O/c1-19-24(28(35)34-12-3-5-22(17-30)27(34)32-19)10-15-33-13-8-21(9-14-33)26-25-7-6-20(4-2-11-29)16-23(25)18-31-26/h6-7,16,21-22H,2-5,8-15,18,29H2,1H3. The zero-order valence-corrected chi connectivity index (χ0v) is 20.8. The molecule has 3 aliphatic rings. The van der Waals surface area contributed by atoms with E-state index in [2.05, 4.69) is 29.2 Å². The number of piperidine rings is 1. The van der Waals surface area contributed by atoms with E-state index < -0.39 is 0 Å². The fraction of sp³-hybridized carbons (Fsp3) is 0.571. The minimum Gasteiger partial charge on any atom is -0.330 e. The summed E-state index contributed by atoms with van der Waals surface area (Å²) in [7, 11) is 0. The first-order valence-corrected chi connectivity index (χ1v) is 13.2. The zero-order chi connectivity index (χ0) is 24.4. The molecule has 1 saturated heterocycles. The number of hydrogen-bond acceptors (Lipinski definition) is 6. The Bertz CT molecular complexity index is 1220. The van der Waals surface area contributed by atoms with Gasteiger partial charge in [-0.1, -0.05) is 18.2 Å². The number of aliphatic imine (C=N–C) groups is 1. The van der Waals surface area contributed by atoms with Crippen molar-refractivity contribution in [2.24, 2.45) is 16.6 Å². The van der Waals surface area contributed by atoms with Crippen LogP contribution in [0.2, 0.25) is 0 Å². The highest BCUT2D eigenvalue weighted by atomic mass is 16.1. The molecule has 2 N–H and O–H groups in total. The van der Waals surface area contributed by atoms with Crippen LogP contribution in [-0.2, 0) is 25.9 Å². The fourth-order valence-electron chi connectivity index (χ4n) is 5.99. The smallest absolute Gasteiger partial charge is 0.257 e. The van der Waals surface area contributed by atoms with Crippen LogP contribution in [0.4, 0.5) is 0 Å². The molecule has 7 heteroatoms. The van der Waals surface area contributed by atoms with E-state index in [1.807, 2.05) is 6.92 Å². The third-order valence-electron chi connectivity index (χ3n) is 8.03. The Morgan fingerprint density at radius 3 is 2.77 bits per heavy atom. The summed E-state index contributed by atoms with van der Waals surface area (Å²) in [5.74, 6) is 0.919. The number of aromatic nitrogens is 2. The fourth-order valence-corrected chi connectivity index (χ4v) is 5.99. The number of benzene rings is 1. The molecular formula is C28H36N6O. The van der Waals surface area contributed by atoms with E-state index in [-0.39, 0.29) is 11.5 Å². The molecule has 7 nitrogen and oxygen atoms in total. The van der Waals surface area contributed by atoms with Crippen molar-refractivity contribution in [3.63, 3.8) is 0 Å². The second-order valence-corrected chi connectivity index (χ2v) is 10.3. The summed E-state index contributed by atoms with van der Waals surface area (Å²) in [4.78, 5) is 25.3. The lowest BCUT2D eigenvalue weighted by atomic mass is 9.87. The van der Waals surface area contributed by atoms with Gasteiger partial charge in [-0.05, 0) is 82.6 Å². The molecular weight excluding hydrogens is 436 g/mol. The second-order valence-electron chi connectivity index (χ2n) is 10.3. The quantitative estimate of drug-likeness (QED) is 0.667. The highest BCUT2D eigenvalue weighted by molar-refractivity contribution is 6.05. The van der Waals surface area contributed by atoms with E-state index >= 15 is 0 Å². The summed E-state index contributed by atoms with van der Waals surface area (Å²) < 4.78 is 1.75. The number of fused-ring (bicyclic) bond motifs is 2. The third-order valence-corrected chi connectivity index (χ3v) is 8.03. The third kappa shape index (κ3) is 4.82. The molecule has 0 saturated carbocycles. The van der Waals surface area contributed by atoms with Crippen molar-refractivity contribution in [2.75, 3.05) is 26.2 Å². The number of nitrogens with zero attached hydrogens (tertiary/aromatic N) is 5. The van der Waals surface area contributed by atoms with Gasteiger partial charge in [0.25, 0.3) is 5.56 Å². The predicted octanol–water partition coefficient (Wildman–Crippen LogP) is 3.10. The summed E-state index contributed by atoms with van der Waals surface area (Å²) in [6, 6.07) is 9.16. The van der Waals surface area contributed by atoms with Gasteiger partial charge in [0.05, 0.1) is 12.6 Å². The van der Waals surface area contributed by atoms with E-state index in [4.69, 9.17) is 15.7 Å².